The molecular weight excluding hydrogens is 258 g/mol. The lowest BCUT2D eigenvalue weighted by atomic mass is 10.1. The van der Waals surface area contributed by atoms with Crippen LogP contribution in [0.25, 0.3) is 12.2 Å². The van der Waals surface area contributed by atoms with Gasteiger partial charge in [0, 0.05) is 17.0 Å². The largest absolute Gasteiger partial charge is 0.269 e. The standard InChI is InChI=1S/C15H13NO2S/c1-19-15-10-6-13(7-11-15)3-2-12-4-8-14(9-5-12)16(17)18/h2-11H,1H3. The molecule has 3 nitrogen and oxygen atoms in total. The first kappa shape index (κ1) is 13.4. The maximum absolute atomic E-state index is 10.5. The third-order valence-corrected chi connectivity index (χ3v) is 3.43. The second kappa shape index (κ2) is 6.20. The Kier molecular flexibility index (Phi) is 4.36. The van der Waals surface area contributed by atoms with Crippen LogP contribution in [0.2, 0.25) is 0 Å². The molecule has 0 bridgehead atoms. The Labute approximate surface area is 116 Å². The minimum absolute atomic E-state index is 0.112. The number of nitrogens with zero attached hydrogens (tertiary/aromatic N) is 1. The number of benzene rings is 2. The van der Waals surface area contributed by atoms with Crippen molar-refractivity contribution in [1.82, 2.24) is 0 Å². The SMILES string of the molecule is CSc1ccc(C=Cc2ccc([N+](=O)[O-])cc2)cc1. The van der Waals surface area contributed by atoms with Crippen LogP contribution in [0.15, 0.2) is 53.4 Å². The smallest absolute Gasteiger partial charge is 0.258 e. The van der Waals surface area contributed by atoms with Crippen molar-refractivity contribution >= 4 is 29.6 Å². The first-order valence-electron chi connectivity index (χ1n) is 5.75. The molecule has 0 radical (unpaired) electrons. The molecule has 0 aromatic heterocycles. The molecule has 0 heterocycles. The summed E-state index contributed by atoms with van der Waals surface area (Å²) in [7, 11) is 0. The van der Waals surface area contributed by atoms with Crippen LogP contribution in [0.4, 0.5) is 5.69 Å². The van der Waals surface area contributed by atoms with Gasteiger partial charge in [-0.25, -0.2) is 0 Å². The van der Waals surface area contributed by atoms with Crippen molar-refractivity contribution in [2.45, 2.75) is 4.90 Å². The van der Waals surface area contributed by atoms with E-state index in [4.69, 9.17) is 0 Å². The molecule has 0 aliphatic heterocycles. The predicted molar refractivity (Wildman–Crippen MR) is 80.2 cm³/mol. The zero-order chi connectivity index (χ0) is 13.7. The number of thioether (sulfide) groups is 1. The van der Waals surface area contributed by atoms with Crippen molar-refractivity contribution < 1.29 is 4.92 Å². The minimum atomic E-state index is -0.394. The van der Waals surface area contributed by atoms with Crippen molar-refractivity contribution in [2.24, 2.45) is 0 Å². The van der Waals surface area contributed by atoms with Crippen LogP contribution >= 0.6 is 11.8 Å². The van der Waals surface area contributed by atoms with Gasteiger partial charge in [0.2, 0.25) is 0 Å². The zero-order valence-electron chi connectivity index (χ0n) is 10.4. The summed E-state index contributed by atoms with van der Waals surface area (Å²) in [6.07, 6.45) is 5.98. The number of nitro benzene ring substituents is 1. The Morgan fingerprint density at radius 2 is 1.42 bits per heavy atom. The van der Waals surface area contributed by atoms with Gasteiger partial charge >= 0.3 is 0 Å². The summed E-state index contributed by atoms with van der Waals surface area (Å²) in [4.78, 5) is 11.4. The van der Waals surface area contributed by atoms with Crippen LogP contribution < -0.4 is 0 Å². The van der Waals surface area contributed by atoms with E-state index in [-0.39, 0.29) is 5.69 Å². The molecule has 0 atom stereocenters. The third-order valence-electron chi connectivity index (χ3n) is 2.69. The first-order valence-corrected chi connectivity index (χ1v) is 6.98. The number of non-ortho nitro benzene ring substituents is 1. The number of hydrogen-bond acceptors (Lipinski definition) is 3. The molecule has 0 saturated carbocycles. The molecule has 0 aliphatic rings. The van der Waals surface area contributed by atoms with Gasteiger partial charge in [0.1, 0.15) is 0 Å². The van der Waals surface area contributed by atoms with Crippen molar-refractivity contribution in [3.63, 3.8) is 0 Å². The Morgan fingerprint density at radius 3 is 1.84 bits per heavy atom. The lowest BCUT2D eigenvalue weighted by molar-refractivity contribution is -0.384. The first-order chi connectivity index (χ1) is 9.19. The van der Waals surface area contributed by atoms with E-state index in [9.17, 15) is 10.1 Å². The van der Waals surface area contributed by atoms with Crippen molar-refractivity contribution in [3.8, 4) is 0 Å². The van der Waals surface area contributed by atoms with Crippen LogP contribution in [-0.4, -0.2) is 11.2 Å². The summed E-state index contributed by atoms with van der Waals surface area (Å²) in [5, 5.41) is 10.5. The van der Waals surface area contributed by atoms with E-state index < -0.39 is 4.92 Å². The summed E-state index contributed by atoms with van der Waals surface area (Å²) in [5.74, 6) is 0. The maximum atomic E-state index is 10.5. The van der Waals surface area contributed by atoms with Gasteiger partial charge in [0.05, 0.1) is 4.92 Å². The molecule has 0 N–H and O–H groups in total. The Hall–Kier alpha value is -2.07. The quantitative estimate of drug-likeness (QED) is 0.356. The third kappa shape index (κ3) is 3.69. The number of rotatable bonds is 4. The van der Waals surface area contributed by atoms with Crippen molar-refractivity contribution in [3.05, 3.63) is 69.8 Å². The van der Waals surface area contributed by atoms with Crippen LogP contribution in [0, 0.1) is 10.1 Å². The fraction of sp³-hybridized carbons (Fsp3) is 0.0667. The normalized spacial score (nSPS) is 10.8. The Bertz CT molecular complexity index is 589. The van der Waals surface area contributed by atoms with Crippen molar-refractivity contribution in [1.29, 1.82) is 0 Å². The minimum Gasteiger partial charge on any atom is -0.258 e. The summed E-state index contributed by atoms with van der Waals surface area (Å²) >= 11 is 1.71. The highest BCUT2D eigenvalue weighted by atomic mass is 32.2. The molecule has 0 spiro atoms. The van der Waals surface area contributed by atoms with Crippen LogP contribution in [0.1, 0.15) is 11.1 Å². The number of hydrogen-bond donors (Lipinski definition) is 0. The lowest BCUT2D eigenvalue weighted by Crippen LogP contribution is -1.86. The molecule has 2 aromatic rings. The second-order valence-corrected chi connectivity index (χ2v) is 4.83. The van der Waals surface area contributed by atoms with E-state index in [1.807, 2.05) is 30.5 Å². The molecule has 0 amide bonds. The Balaban J connectivity index is 2.10. The molecule has 2 rings (SSSR count). The van der Waals surface area contributed by atoms with E-state index in [0.717, 1.165) is 11.1 Å². The maximum Gasteiger partial charge on any atom is 0.269 e. The molecule has 0 aliphatic carbocycles. The average Bonchev–Trinajstić information content (AvgIpc) is 2.46. The van der Waals surface area contributed by atoms with E-state index >= 15 is 0 Å². The number of nitro groups is 1. The van der Waals surface area contributed by atoms with Crippen LogP contribution in [0.3, 0.4) is 0 Å². The zero-order valence-corrected chi connectivity index (χ0v) is 11.3. The second-order valence-electron chi connectivity index (χ2n) is 3.96. The highest BCUT2D eigenvalue weighted by Gasteiger charge is 2.01. The van der Waals surface area contributed by atoms with Gasteiger partial charge in [-0.1, -0.05) is 24.3 Å². The summed E-state index contributed by atoms with van der Waals surface area (Å²) in [6, 6.07) is 14.7. The monoisotopic (exact) mass is 271 g/mol. The predicted octanol–water partition coefficient (Wildman–Crippen LogP) is 4.49. The van der Waals surface area contributed by atoms with E-state index in [1.54, 1.807) is 23.9 Å². The van der Waals surface area contributed by atoms with Gasteiger partial charge in [-0.15, -0.1) is 11.8 Å². The fourth-order valence-electron chi connectivity index (χ4n) is 1.61. The molecular formula is C15H13NO2S. The molecule has 0 fully saturated rings. The summed E-state index contributed by atoms with van der Waals surface area (Å²) in [6.45, 7) is 0. The molecule has 96 valence electrons. The van der Waals surface area contributed by atoms with E-state index in [2.05, 4.69) is 12.1 Å². The van der Waals surface area contributed by atoms with Gasteiger partial charge in [0.25, 0.3) is 5.69 Å². The fourth-order valence-corrected chi connectivity index (χ4v) is 2.02. The van der Waals surface area contributed by atoms with Gasteiger partial charge in [-0.05, 0) is 41.6 Å². The van der Waals surface area contributed by atoms with Gasteiger partial charge in [-0.3, -0.25) is 10.1 Å². The Morgan fingerprint density at radius 1 is 0.947 bits per heavy atom. The molecule has 19 heavy (non-hydrogen) atoms. The molecule has 0 unspecified atom stereocenters. The van der Waals surface area contributed by atoms with Gasteiger partial charge in [0.15, 0.2) is 0 Å². The van der Waals surface area contributed by atoms with Gasteiger partial charge < -0.3 is 0 Å². The highest BCUT2D eigenvalue weighted by molar-refractivity contribution is 7.98. The van der Waals surface area contributed by atoms with E-state index in [0.29, 0.717) is 0 Å². The van der Waals surface area contributed by atoms with Crippen LogP contribution in [0.5, 0.6) is 0 Å². The molecule has 4 heteroatoms. The van der Waals surface area contributed by atoms with Crippen LogP contribution in [-0.2, 0) is 0 Å². The molecule has 2 aromatic carbocycles. The topological polar surface area (TPSA) is 43.1 Å². The average molecular weight is 271 g/mol. The summed E-state index contributed by atoms with van der Waals surface area (Å²) < 4.78 is 0. The molecule has 0 saturated heterocycles. The van der Waals surface area contributed by atoms with E-state index in [1.165, 1.54) is 17.0 Å². The van der Waals surface area contributed by atoms with Crippen molar-refractivity contribution in [2.75, 3.05) is 6.26 Å². The summed E-state index contributed by atoms with van der Waals surface area (Å²) in [5.41, 5.74) is 2.16. The highest BCUT2D eigenvalue weighted by Crippen LogP contribution is 2.17. The van der Waals surface area contributed by atoms with Gasteiger partial charge in [-0.2, -0.15) is 0 Å². The lowest BCUT2D eigenvalue weighted by Gasteiger charge is -1.97.